The molecule has 0 spiro atoms. The van der Waals surface area contributed by atoms with Crippen molar-refractivity contribution in [3.05, 3.63) is 96.6 Å². The summed E-state index contributed by atoms with van der Waals surface area (Å²) < 4.78 is 32.5. The molecule has 37 heavy (non-hydrogen) atoms. The lowest BCUT2D eigenvalue weighted by molar-refractivity contribution is 0.0973. The third kappa shape index (κ3) is 4.14. The van der Waals surface area contributed by atoms with Crippen molar-refractivity contribution in [1.82, 2.24) is 9.13 Å². The van der Waals surface area contributed by atoms with Crippen molar-refractivity contribution in [3.8, 4) is 17.2 Å². The highest BCUT2D eigenvalue weighted by Crippen LogP contribution is 2.41. The van der Waals surface area contributed by atoms with Gasteiger partial charge >= 0.3 is 5.69 Å². The molecule has 0 amide bonds. The zero-order chi connectivity index (χ0) is 27.0. The molecule has 0 N–H and O–H groups in total. The topological polar surface area (TPSA) is 106 Å². The molecule has 0 radical (unpaired) electrons. The Morgan fingerprint density at radius 3 is 2.24 bits per heavy atom. The van der Waals surface area contributed by atoms with Crippen LogP contribution < -0.4 is 25.5 Å². The Bertz CT molecular complexity index is 1600. The number of aryl methyl sites for hydroxylation is 1. The van der Waals surface area contributed by atoms with Gasteiger partial charge in [-0.25, -0.2) is 4.79 Å². The van der Waals surface area contributed by atoms with E-state index in [4.69, 9.17) is 14.2 Å². The molecule has 0 aliphatic heterocycles. The molecular weight excluding hydrogens is 483 g/mol. The van der Waals surface area contributed by atoms with Crippen LogP contribution in [0.3, 0.4) is 0 Å². The molecule has 1 heterocycles. The fourth-order valence-corrected chi connectivity index (χ4v) is 4.48. The maximum atomic E-state index is 14.5. The van der Waals surface area contributed by atoms with Gasteiger partial charge in [0, 0.05) is 29.3 Å². The van der Waals surface area contributed by atoms with Gasteiger partial charge in [-0.1, -0.05) is 12.2 Å². The third-order valence-electron chi connectivity index (χ3n) is 6.33. The molecule has 0 saturated carbocycles. The van der Waals surface area contributed by atoms with Crippen LogP contribution >= 0.6 is 0 Å². The van der Waals surface area contributed by atoms with Gasteiger partial charge in [0.25, 0.3) is 5.56 Å². The maximum Gasteiger partial charge on any atom is 0.331 e. The van der Waals surface area contributed by atoms with Crippen molar-refractivity contribution in [1.29, 1.82) is 0 Å². The number of fused-ring (bicyclic) bond motifs is 2. The summed E-state index contributed by atoms with van der Waals surface area (Å²) in [7, 11) is 4.16. The van der Waals surface area contributed by atoms with Gasteiger partial charge in [0.05, 0.1) is 45.2 Å². The summed E-state index contributed by atoms with van der Waals surface area (Å²) in [6.07, 6.45) is 4.02. The number of hydrogen-bond donors (Lipinski definition) is 0. The molecule has 192 valence electrons. The van der Waals surface area contributed by atoms with Gasteiger partial charge in [-0.05, 0) is 31.5 Å². The average Bonchev–Trinajstić information content (AvgIpc) is 2.89. The molecule has 4 rings (SSSR count). The molecule has 3 aromatic rings. The number of halogens is 1. The largest absolute Gasteiger partial charge is 0.497 e. The summed E-state index contributed by atoms with van der Waals surface area (Å²) >= 11 is 0. The Labute approximate surface area is 211 Å². The number of benzene rings is 2. The highest BCUT2D eigenvalue weighted by Gasteiger charge is 2.37. The molecule has 1 aliphatic rings. The summed E-state index contributed by atoms with van der Waals surface area (Å²) in [5, 5.41) is 0. The minimum Gasteiger partial charge on any atom is -0.497 e. The highest BCUT2D eigenvalue weighted by molar-refractivity contribution is 6.30. The van der Waals surface area contributed by atoms with Crippen LogP contribution in [0.4, 0.5) is 4.39 Å². The molecule has 0 atom stereocenters. The Hall–Kier alpha value is -4.47. The van der Waals surface area contributed by atoms with Gasteiger partial charge in [0.15, 0.2) is 5.78 Å². The van der Waals surface area contributed by atoms with E-state index in [-0.39, 0.29) is 46.8 Å². The lowest BCUT2D eigenvalue weighted by Crippen LogP contribution is -2.41. The Morgan fingerprint density at radius 1 is 0.919 bits per heavy atom. The van der Waals surface area contributed by atoms with Crippen LogP contribution in [-0.2, 0) is 13.1 Å². The number of hydrogen-bond acceptors (Lipinski definition) is 7. The third-order valence-corrected chi connectivity index (χ3v) is 6.33. The van der Waals surface area contributed by atoms with Crippen LogP contribution in [0, 0.1) is 12.7 Å². The van der Waals surface area contributed by atoms with Crippen molar-refractivity contribution >= 4 is 11.6 Å². The first-order chi connectivity index (χ1) is 17.7. The van der Waals surface area contributed by atoms with E-state index in [9.17, 15) is 23.6 Å². The second-order valence-corrected chi connectivity index (χ2v) is 8.41. The Kier molecular flexibility index (Phi) is 6.84. The second-order valence-electron chi connectivity index (χ2n) is 8.41. The number of methoxy groups -OCH3 is 3. The lowest BCUT2D eigenvalue weighted by atomic mass is 9.80. The van der Waals surface area contributed by atoms with Gasteiger partial charge in [0.1, 0.15) is 17.2 Å². The number of nitrogens with zero attached hydrogens (tertiary/aromatic N) is 2. The first-order valence-electron chi connectivity index (χ1n) is 11.3. The number of allylic oxidation sites excluding steroid dienone is 2. The monoisotopic (exact) mass is 508 g/mol. The zero-order valence-corrected chi connectivity index (χ0v) is 21.0. The maximum absolute atomic E-state index is 14.5. The fourth-order valence-electron chi connectivity index (χ4n) is 4.48. The van der Waals surface area contributed by atoms with Gasteiger partial charge in [0.2, 0.25) is 11.6 Å². The number of rotatable bonds is 7. The molecule has 0 bridgehead atoms. The summed E-state index contributed by atoms with van der Waals surface area (Å²) in [4.78, 5) is 52.4. The summed E-state index contributed by atoms with van der Waals surface area (Å²) in [6, 6.07) is 4.53. The van der Waals surface area contributed by atoms with Crippen molar-refractivity contribution < 1.29 is 28.2 Å². The number of carbonyl (C=O) groups is 2. The van der Waals surface area contributed by atoms with Gasteiger partial charge in [-0.2, -0.15) is 4.39 Å². The second kappa shape index (κ2) is 9.88. The number of aromatic nitrogens is 2. The Morgan fingerprint density at radius 2 is 1.62 bits per heavy atom. The molecule has 9 nitrogen and oxygen atoms in total. The van der Waals surface area contributed by atoms with Crippen LogP contribution in [0.25, 0.3) is 0 Å². The van der Waals surface area contributed by atoms with Crippen LogP contribution in [0.2, 0.25) is 0 Å². The first kappa shape index (κ1) is 25.6. The standard InChI is InChI=1S/C27H25FN2O7/c1-6-7-8-30-26(33)19(28)13-29(27(30)34)12-18-14(2)9-16-22(25(18)37-5)24(32)21-17(23(16)31)10-15(35-3)11-20(21)36-4/h6-7,9-11,13H,8,12H2,1-5H3/b7-6+. The number of carbonyl (C=O) groups excluding carboxylic acids is 2. The van der Waals surface area contributed by atoms with E-state index in [1.54, 1.807) is 32.1 Å². The molecule has 0 fully saturated rings. The number of ketones is 2. The van der Waals surface area contributed by atoms with E-state index in [0.29, 0.717) is 16.9 Å². The molecule has 0 unspecified atom stereocenters. The minimum absolute atomic E-state index is 0.0137. The predicted octanol–water partition coefficient (Wildman–Crippen LogP) is 2.88. The molecule has 0 saturated heterocycles. The first-order valence-corrected chi connectivity index (χ1v) is 11.3. The zero-order valence-electron chi connectivity index (χ0n) is 21.0. The Balaban J connectivity index is 1.93. The van der Waals surface area contributed by atoms with Crippen LogP contribution in [-0.4, -0.2) is 42.0 Å². The average molecular weight is 509 g/mol. The van der Waals surface area contributed by atoms with Gasteiger partial charge < -0.3 is 14.2 Å². The van der Waals surface area contributed by atoms with Crippen molar-refractivity contribution in [2.75, 3.05) is 21.3 Å². The van der Waals surface area contributed by atoms with E-state index in [0.717, 1.165) is 15.3 Å². The lowest BCUT2D eigenvalue weighted by Gasteiger charge is -2.25. The molecule has 1 aliphatic carbocycles. The van der Waals surface area contributed by atoms with Crippen molar-refractivity contribution in [2.24, 2.45) is 0 Å². The van der Waals surface area contributed by atoms with Gasteiger partial charge in [-0.3, -0.25) is 23.5 Å². The van der Waals surface area contributed by atoms with Crippen molar-refractivity contribution in [3.63, 3.8) is 0 Å². The molecule has 1 aromatic heterocycles. The highest BCUT2D eigenvalue weighted by atomic mass is 19.1. The van der Waals surface area contributed by atoms with E-state index < -0.39 is 28.6 Å². The van der Waals surface area contributed by atoms with Crippen LogP contribution in [0.5, 0.6) is 17.2 Å². The molecule has 2 aromatic carbocycles. The fraction of sp³-hybridized carbons (Fsp3) is 0.259. The van der Waals surface area contributed by atoms with E-state index in [1.165, 1.54) is 33.5 Å². The summed E-state index contributed by atoms with van der Waals surface area (Å²) in [5.74, 6) is -1.42. The van der Waals surface area contributed by atoms with E-state index >= 15 is 0 Å². The smallest absolute Gasteiger partial charge is 0.331 e. The molecule has 10 heteroatoms. The summed E-state index contributed by atoms with van der Waals surface area (Å²) in [5.41, 5.74) is -0.500. The van der Waals surface area contributed by atoms with E-state index in [2.05, 4.69) is 0 Å². The van der Waals surface area contributed by atoms with Gasteiger partial charge in [-0.15, -0.1) is 0 Å². The summed E-state index contributed by atoms with van der Waals surface area (Å²) in [6.45, 7) is 3.10. The SMILES string of the molecule is C/C=C/Cn1c(=O)c(F)cn(Cc2c(C)cc3c(c2OC)C(=O)c2c(OC)cc(OC)cc2C3=O)c1=O. The van der Waals surface area contributed by atoms with Crippen molar-refractivity contribution in [2.45, 2.75) is 26.9 Å². The minimum atomic E-state index is -1.10. The number of ether oxygens (including phenoxy) is 3. The predicted molar refractivity (Wildman–Crippen MR) is 133 cm³/mol. The van der Waals surface area contributed by atoms with Crippen LogP contribution in [0.15, 0.2) is 46.1 Å². The van der Waals surface area contributed by atoms with Crippen LogP contribution in [0.1, 0.15) is 49.9 Å². The normalized spacial score (nSPS) is 12.5. The van der Waals surface area contributed by atoms with E-state index in [1.807, 2.05) is 0 Å². The molecular formula is C27H25FN2O7. The quantitative estimate of drug-likeness (QED) is 0.354.